The number of ether oxygens (including phenoxy) is 2. The van der Waals surface area contributed by atoms with E-state index in [1.165, 1.54) is 24.0 Å². The number of nitrogens with zero attached hydrogens (tertiary/aromatic N) is 2. The standard InChI is InChI=1S/C22H33N3O3/c1-17-3-2-4-19(15-17)21(24-8-12-28-13-9-24)16-23-22(26)25-10-14-27-11-7-20(25)18-5-6-18/h2-4,15,18,20-21H,5-14,16H2,1H3,(H,23,26). The second-order valence-corrected chi connectivity index (χ2v) is 8.26. The van der Waals surface area contributed by atoms with Crippen LogP contribution in [0.1, 0.15) is 36.4 Å². The summed E-state index contributed by atoms with van der Waals surface area (Å²) in [4.78, 5) is 17.6. The molecule has 1 aromatic rings. The van der Waals surface area contributed by atoms with Crippen LogP contribution in [0.15, 0.2) is 24.3 Å². The van der Waals surface area contributed by atoms with Gasteiger partial charge in [0.15, 0.2) is 0 Å². The van der Waals surface area contributed by atoms with Crippen molar-refractivity contribution in [3.63, 3.8) is 0 Å². The molecule has 1 aliphatic carbocycles. The van der Waals surface area contributed by atoms with Crippen molar-refractivity contribution in [3.8, 4) is 0 Å². The number of rotatable bonds is 5. The van der Waals surface area contributed by atoms with E-state index in [0.29, 0.717) is 31.7 Å². The lowest BCUT2D eigenvalue weighted by Gasteiger charge is -2.36. The number of morpholine rings is 1. The molecule has 0 radical (unpaired) electrons. The van der Waals surface area contributed by atoms with Crippen molar-refractivity contribution in [2.45, 2.75) is 38.3 Å². The molecule has 3 aliphatic rings. The van der Waals surface area contributed by atoms with Gasteiger partial charge in [0, 0.05) is 38.8 Å². The maximum Gasteiger partial charge on any atom is 0.317 e. The van der Waals surface area contributed by atoms with Gasteiger partial charge in [-0.1, -0.05) is 29.8 Å². The summed E-state index contributed by atoms with van der Waals surface area (Å²) < 4.78 is 11.2. The van der Waals surface area contributed by atoms with Crippen LogP contribution in [0.5, 0.6) is 0 Å². The van der Waals surface area contributed by atoms with Crippen molar-refractivity contribution >= 4 is 6.03 Å². The number of hydrogen-bond acceptors (Lipinski definition) is 4. The third-order valence-electron chi connectivity index (χ3n) is 6.22. The summed E-state index contributed by atoms with van der Waals surface area (Å²) in [6, 6.07) is 9.21. The highest BCUT2D eigenvalue weighted by molar-refractivity contribution is 5.74. The van der Waals surface area contributed by atoms with Gasteiger partial charge in [-0.25, -0.2) is 4.79 Å². The third kappa shape index (κ3) is 4.85. The van der Waals surface area contributed by atoms with Crippen molar-refractivity contribution in [2.24, 2.45) is 5.92 Å². The number of urea groups is 1. The molecule has 154 valence electrons. The first-order valence-corrected chi connectivity index (χ1v) is 10.7. The number of amides is 2. The van der Waals surface area contributed by atoms with E-state index in [-0.39, 0.29) is 12.1 Å². The van der Waals surface area contributed by atoms with Crippen LogP contribution in [0.4, 0.5) is 4.79 Å². The van der Waals surface area contributed by atoms with E-state index in [1.807, 2.05) is 4.90 Å². The molecule has 3 fully saturated rings. The van der Waals surface area contributed by atoms with Gasteiger partial charge in [0.1, 0.15) is 0 Å². The summed E-state index contributed by atoms with van der Waals surface area (Å²) in [6.07, 6.45) is 3.45. The maximum atomic E-state index is 13.1. The molecular weight excluding hydrogens is 354 g/mol. The molecule has 2 atom stereocenters. The van der Waals surface area contributed by atoms with Gasteiger partial charge >= 0.3 is 6.03 Å². The minimum absolute atomic E-state index is 0.0633. The highest BCUT2D eigenvalue weighted by Gasteiger charge is 2.38. The minimum atomic E-state index is 0.0633. The molecule has 2 saturated heterocycles. The Hall–Kier alpha value is -1.63. The Kier molecular flexibility index (Phi) is 6.50. The highest BCUT2D eigenvalue weighted by Crippen LogP contribution is 2.37. The van der Waals surface area contributed by atoms with Crippen LogP contribution in [0.2, 0.25) is 0 Å². The third-order valence-corrected chi connectivity index (χ3v) is 6.22. The molecule has 1 N–H and O–H groups in total. The number of carbonyl (C=O) groups excluding carboxylic acids is 1. The summed E-state index contributed by atoms with van der Waals surface area (Å²) in [5.74, 6) is 0.666. The number of carbonyl (C=O) groups is 1. The molecule has 1 aromatic carbocycles. The van der Waals surface area contributed by atoms with Crippen LogP contribution in [0.25, 0.3) is 0 Å². The summed E-state index contributed by atoms with van der Waals surface area (Å²) >= 11 is 0. The smallest absolute Gasteiger partial charge is 0.317 e. The first-order valence-electron chi connectivity index (χ1n) is 10.7. The second-order valence-electron chi connectivity index (χ2n) is 8.26. The molecule has 6 nitrogen and oxygen atoms in total. The average molecular weight is 388 g/mol. The molecule has 28 heavy (non-hydrogen) atoms. The van der Waals surface area contributed by atoms with Crippen molar-refractivity contribution in [3.05, 3.63) is 35.4 Å². The molecule has 6 heteroatoms. The zero-order chi connectivity index (χ0) is 19.3. The monoisotopic (exact) mass is 387 g/mol. The highest BCUT2D eigenvalue weighted by atomic mass is 16.5. The van der Waals surface area contributed by atoms with Gasteiger partial charge in [0.25, 0.3) is 0 Å². The van der Waals surface area contributed by atoms with E-state index >= 15 is 0 Å². The van der Waals surface area contributed by atoms with Crippen LogP contribution in [-0.4, -0.2) is 74.5 Å². The first kappa shape index (κ1) is 19.7. The zero-order valence-electron chi connectivity index (χ0n) is 16.9. The summed E-state index contributed by atoms with van der Waals surface area (Å²) in [6.45, 7) is 8.15. The lowest BCUT2D eigenvalue weighted by atomic mass is 10.0. The lowest BCUT2D eigenvalue weighted by molar-refractivity contribution is 0.0163. The molecule has 2 unspecified atom stereocenters. The van der Waals surface area contributed by atoms with Crippen LogP contribution in [0.3, 0.4) is 0 Å². The fourth-order valence-corrected chi connectivity index (χ4v) is 4.52. The van der Waals surface area contributed by atoms with Crippen LogP contribution in [-0.2, 0) is 9.47 Å². The molecular formula is C22H33N3O3. The molecule has 2 aliphatic heterocycles. The number of nitrogens with one attached hydrogen (secondary N) is 1. The van der Waals surface area contributed by atoms with E-state index < -0.39 is 0 Å². The van der Waals surface area contributed by atoms with Gasteiger partial charge in [0.05, 0.1) is 25.9 Å². The Balaban J connectivity index is 1.44. The predicted octanol–water partition coefficient (Wildman–Crippen LogP) is 2.58. The summed E-state index contributed by atoms with van der Waals surface area (Å²) in [5.41, 5.74) is 2.51. The predicted molar refractivity (Wildman–Crippen MR) is 108 cm³/mol. The Morgan fingerprint density at radius 3 is 2.61 bits per heavy atom. The van der Waals surface area contributed by atoms with E-state index in [9.17, 15) is 4.79 Å². The van der Waals surface area contributed by atoms with Gasteiger partial charge in [-0.15, -0.1) is 0 Å². The fourth-order valence-electron chi connectivity index (χ4n) is 4.52. The quantitative estimate of drug-likeness (QED) is 0.844. The first-order chi connectivity index (χ1) is 13.7. The molecule has 0 bridgehead atoms. The Morgan fingerprint density at radius 1 is 1.11 bits per heavy atom. The Bertz CT molecular complexity index is 658. The molecule has 0 aromatic heterocycles. The largest absolute Gasteiger partial charge is 0.380 e. The number of benzene rings is 1. The van der Waals surface area contributed by atoms with E-state index in [4.69, 9.17) is 9.47 Å². The number of aryl methyl sites for hydroxylation is 1. The summed E-state index contributed by atoms with van der Waals surface area (Å²) in [7, 11) is 0. The van der Waals surface area contributed by atoms with Gasteiger partial charge in [0.2, 0.25) is 0 Å². The molecule has 1 saturated carbocycles. The molecule has 2 heterocycles. The van der Waals surface area contributed by atoms with Crippen molar-refractivity contribution < 1.29 is 14.3 Å². The van der Waals surface area contributed by atoms with Gasteiger partial charge in [-0.3, -0.25) is 4.90 Å². The Labute approximate surface area is 168 Å². The minimum Gasteiger partial charge on any atom is -0.380 e. The van der Waals surface area contributed by atoms with E-state index in [1.54, 1.807) is 0 Å². The van der Waals surface area contributed by atoms with Crippen molar-refractivity contribution in [2.75, 3.05) is 52.6 Å². The average Bonchev–Trinajstić information content (AvgIpc) is 3.55. The van der Waals surface area contributed by atoms with Gasteiger partial charge < -0.3 is 19.7 Å². The zero-order valence-corrected chi connectivity index (χ0v) is 16.9. The fraction of sp³-hybridized carbons (Fsp3) is 0.682. The normalized spacial score (nSPS) is 25.2. The lowest BCUT2D eigenvalue weighted by Crippen LogP contribution is -2.50. The summed E-state index contributed by atoms with van der Waals surface area (Å²) in [5, 5.41) is 3.26. The second kappa shape index (κ2) is 9.25. The van der Waals surface area contributed by atoms with E-state index in [0.717, 1.165) is 39.3 Å². The topological polar surface area (TPSA) is 54.0 Å². The van der Waals surface area contributed by atoms with Gasteiger partial charge in [-0.2, -0.15) is 0 Å². The van der Waals surface area contributed by atoms with Crippen molar-refractivity contribution in [1.29, 1.82) is 0 Å². The molecule has 0 spiro atoms. The van der Waals surface area contributed by atoms with Crippen LogP contribution >= 0.6 is 0 Å². The SMILES string of the molecule is Cc1cccc(C(CNC(=O)N2CCOCCC2C2CC2)N2CCOCC2)c1. The Morgan fingerprint density at radius 2 is 1.86 bits per heavy atom. The van der Waals surface area contributed by atoms with Crippen LogP contribution in [0, 0.1) is 12.8 Å². The van der Waals surface area contributed by atoms with E-state index in [2.05, 4.69) is 41.4 Å². The van der Waals surface area contributed by atoms with Crippen LogP contribution < -0.4 is 5.32 Å². The molecule has 4 rings (SSSR count). The maximum absolute atomic E-state index is 13.1. The van der Waals surface area contributed by atoms with Gasteiger partial charge in [-0.05, 0) is 37.7 Å². The van der Waals surface area contributed by atoms with Crippen molar-refractivity contribution in [1.82, 2.24) is 15.1 Å². The number of hydrogen-bond donors (Lipinski definition) is 1. The molecule has 2 amide bonds.